The van der Waals surface area contributed by atoms with Gasteiger partial charge in [-0.2, -0.15) is 5.10 Å². The number of ether oxygens (including phenoxy) is 1. The van der Waals surface area contributed by atoms with Crippen LogP contribution in [0.4, 0.5) is 5.82 Å². The van der Waals surface area contributed by atoms with E-state index in [-0.39, 0.29) is 12.0 Å². The second-order valence-electron chi connectivity index (χ2n) is 6.30. The van der Waals surface area contributed by atoms with E-state index in [2.05, 4.69) is 15.1 Å². The lowest BCUT2D eigenvalue weighted by molar-refractivity contribution is -0.139. The van der Waals surface area contributed by atoms with Crippen LogP contribution in [0.15, 0.2) is 24.7 Å². The predicted molar refractivity (Wildman–Crippen MR) is 93.2 cm³/mol. The van der Waals surface area contributed by atoms with Crippen molar-refractivity contribution in [2.45, 2.75) is 18.9 Å². The lowest BCUT2D eigenvalue weighted by atomic mass is 10.1. The molecule has 3 heterocycles. The minimum Gasteiger partial charge on any atom is -0.368 e. The Labute approximate surface area is 147 Å². The number of amides is 1. The smallest absolute Gasteiger partial charge is 0.223 e. The van der Waals surface area contributed by atoms with Crippen LogP contribution in [0.2, 0.25) is 0 Å². The maximum absolute atomic E-state index is 12.6. The van der Waals surface area contributed by atoms with E-state index >= 15 is 0 Å². The van der Waals surface area contributed by atoms with Gasteiger partial charge in [0.1, 0.15) is 11.8 Å². The first-order chi connectivity index (χ1) is 12.1. The second kappa shape index (κ2) is 7.60. The first kappa shape index (κ1) is 17.3. The molecule has 0 N–H and O–H groups in total. The fraction of sp³-hybridized carbons (Fsp3) is 0.529. The van der Waals surface area contributed by atoms with Crippen LogP contribution >= 0.6 is 0 Å². The molecule has 1 saturated heterocycles. The van der Waals surface area contributed by atoms with Crippen LogP contribution in [0.3, 0.4) is 0 Å². The summed E-state index contributed by atoms with van der Waals surface area (Å²) in [5.41, 5.74) is 1.83. The Bertz CT molecular complexity index is 729. The molecule has 1 atom stereocenters. The molecule has 8 nitrogen and oxygen atoms in total. The zero-order chi connectivity index (χ0) is 17.8. The van der Waals surface area contributed by atoms with Gasteiger partial charge in [0.05, 0.1) is 13.2 Å². The summed E-state index contributed by atoms with van der Waals surface area (Å²) in [5, 5.41) is 4.14. The van der Waals surface area contributed by atoms with E-state index in [9.17, 15) is 4.79 Å². The van der Waals surface area contributed by atoms with Crippen LogP contribution in [0.1, 0.15) is 23.9 Å². The molecule has 1 aliphatic rings. The van der Waals surface area contributed by atoms with Gasteiger partial charge in [0.2, 0.25) is 5.91 Å². The molecule has 2 aromatic heterocycles. The third-order valence-electron chi connectivity index (χ3n) is 4.37. The Morgan fingerprint density at radius 1 is 1.32 bits per heavy atom. The average molecular weight is 344 g/mol. The van der Waals surface area contributed by atoms with Crippen molar-refractivity contribution in [1.29, 1.82) is 0 Å². The molecule has 0 aromatic carbocycles. The van der Waals surface area contributed by atoms with Crippen LogP contribution in [0.25, 0.3) is 0 Å². The van der Waals surface area contributed by atoms with Crippen LogP contribution < -0.4 is 4.90 Å². The highest BCUT2D eigenvalue weighted by atomic mass is 16.5. The maximum atomic E-state index is 12.6. The number of rotatable bonds is 5. The summed E-state index contributed by atoms with van der Waals surface area (Å²) in [5.74, 6) is 0.904. The summed E-state index contributed by atoms with van der Waals surface area (Å²) in [6.45, 7) is 1.62. The molecule has 0 bridgehead atoms. The number of hydrogen-bond acceptors (Lipinski definition) is 6. The Morgan fingerprint density at radius 2 is 2.12 bits per heavy atom. The van der Waals surface area contributed by atoms with Gasteiger partial charge in [-0.05, 0) is 12.5 Å². The molecule has 1 amide bonds. The number of nitrogens with zero attached hydrogens (tertiary/aromatic N) is 6. The molecule has 0 saturated carbocycles. The Hall–Kier alpha value is -2.48. The molecule has 0 spiro atoms. The van der Waals surface area contributed by atoms with Crippen LogP contribution in [-0.4, -0.2) is 64.3 Å². The van der Waals surface area contributed by atoms with Crippen molar-refractivity contribution >= 4 is 11.7 Å². The van der Waals surface area contributed by atoms with Crippen molar-refractivity contribution in [2.75, 3.05) is 38.7 Å². The zero-order valence-electron chi connectivity index (χ0n) is 14.9. The van der Waals surface area contributed by atoms with E-state index in [1.54, 1.807) is 23.3 Å². The highest BCUT2D eigenvalue weighted by Crippen LogP contribution is 2.26. The number of aryl methyl sites for hydroxylation is 2. The van der Waals surface area contributed by atoms with Crippen molar-refractivity contribution in [1.82, 2.24) is 24.6 Å². The molecule has 2 aromatic rings. The van der Waals surface area contributed by atoms with Gasteiger partial charge in [0.15, 0.2) is 5.82 Å². The van der Waals surface area contributed by atoms with E-state index in [1.807, 2.05) is 37.0 Å². The monoisotopic (exact) mass is 344 g/mol. The molecule has 0 radical (unpaired) electrons. The van der Waals surface area contributed by atoms with Gasteiger partial charge < -0.3 is 14.5 Å². The highest BCUT2D eigenvalue weighted by Gasteiger charge is 2.28. The van der Waals surface area contributed by atoms with Crippen molar-refractivity contribution in [3.8, 4) is 0 Å². The quantitative estimate of drug-likeness (QED) is 0.799. The number of aromatic nitrogens is 4. The Balaban J connectivity index is 1.65. The molecule has 1 fully saturated rings. The fourth-order valence-electron chi connectivity index (χ4n) is 2.99. The van der Waals surface area contributed by atoms with Gasteiger partial charge in [-0.25, -0.2) is 4.98 Å². The first-order valence-electron chi connectivity index (χ1n) is 8.40. The average Bonchev–Trinajstić information content (AvgIpc) is 3.04. The number of anilines is 1. The lowest BCUT2D eigenvalue weighted by Crippen LogP contribution is -2.43. The summed E-state index contributed by atoms with van der Waals surface area (Å²) in [7, 11) is 5.74. The van der Waals surface area contributed by atoms with E-state index in [4.69, 9.17) is 4.74 Å². The minimum atomic E-state index is -0.250. The van der Waals surface area contributed by atoms with Crippen molar-refractivity contribution in [3.63, 3.8) is 0 Å². The van der Waals surface area contributed by atoms with E-state index in [0.29, 0.717) is 32.5 Å². The number of carbonyl (C=O) groups is 1. The van der Waals surface area contributed by atoms with Crippen molar-refractivity contribution < 1.29 is 9.53 Å². The van der Waals surface area contributed by atoms with Gasteiger partial charge in [0.25, 0.3) is 0 Å². The maximum Gasteiger partial charge on any atom is 0.223 e. The SMILES string of the molecule is CN(C)c1nccnc1[C@@H]1CN(C(=O)CCc2ccnn2C)CCO1. The molecule has 8 heteroatoms. The number of carbonyl (C=O) groups excluding carboxylic acids is 1. The van der Waals surface area contributed by atoms with Crippen LogP contribution in [0.5, 0.6) is 0 Å². The third kappa shape index (κ3) is 3.96. The molecule has 0 unspecified atom stereocenters. The standard InChI is InChI=1S/C17H24N6O2/c1-21(2)17-16(18-8-9-19-17)14-12-23(10-11-25-14)15(24)5-4-13-6-7-20-22(13)3/h6-9,14H,4-5,10-12H2,1-3H3/t14-/m0/s1. The van der Waals surface area contributed by atoms with Gasteiger partial charge in [-0.1, -0.05) is 0 Å². The zero-order valence-corrected chi connectivity index (χ0v) is 14.9. The topological polar surface area (TPSA) is 76.4 Å². The summed E-state index contributed by atoms with van der Waals surface area (Å²) < 4.78 is 7.67. The first-order valence-corrected chi connectivity index (χ1v) is 8.40. The molecular weight excluding hydrogens is 320 g/mol. The highest BCUT2D eigenvalue weighted by molar-refractivity contribution is 5.76. The summed E-state index contributed by atoms with van der Waals surface area (Å²) in [4.78, 5) is 25.2. The van der Waals surface area contributed by atoms with Gasteiger partial charge >= 0.3 is 0 Å². The van der Waals surface area contributed by atoms with Gasteiger partial charge in [-0.15, -0.1) is 0 Å². The van der Waals surface area contributed by atoms with Crippen LogP contribution in [-0.2, 0) is 23.0 Å². The normalized spacial score (nSPS) is 17.6. The molecule has 0 aliphatic carbocycles. The van der Waals surface area contributed by atoms with E-state index in [1.165, 1.54) is 0 Å². The summed E-state index contributed by atoms with van der Waals surface area (Å²) in [6.07, 6.45) is 5.98. The van der Waals surface area contributed by atoms with Crippen molar-refractivity contribution in [2.24, 2.45) is 7.05 Å². The van der Waals surface area contributed by atoms with E-state index in [0.717, 1.165) is 17.2 Å². The lowest BCUT2D eigenvalue weighted by Gasteiger charge is -2.33. The van der Waals surface area contributed by atoms with Gasteiger partial charge in [-0.3, -0.25) is 14.5 Å². The Kier molecular flexibility index (Phi) is 5.28. The predicted octanol–water partition coefficient (Wildman–Crippen LogP) is 0.809. The summed E-state index contributed by atoms with van der Waals surface area (Å²) in [6, 6.07) is 1.94. The second-order valence-corrected chi connectivity index (χ2v) is 6.30. The molecule has 3 rings (SSSR count). The van der Waals surface area contributed by atoms with E-state index < -0.39 is 0 Å². The number of hydrogen-bond donors (Lipinski definition) is 0. The number of morpholine rings is 1. The molecule has 25 heavy (non-hydrogen) atoms. The molecule has 1 aliphatic heterocycles. The fourth-order valence-corrected chi connectivity index (χ4v) is 2.99. The third-order valence-corrected chi connectivity index (χ3v) is 4.37. The molecule has 134 valence electrons. The largest absolute Gasteiger partial charge is 0.368 e. The van der Waals surface area contributed by atoms with Gasteiger partial charge in [0, 0.05) is 58.4 Å². The van der Waals surface area contributed by atoms with Crippen molar-refractivity contribution in [3.05, 3.63) is 36.0 Å². The molecular formula is C17H24N6O2. The summed E-state index contributed by atoms with van der Waals surface area (Å²) >= 11 is 0. The van der Waals surface area contributed by atoms with Crippen LogP contribution in [0, 0.1) is 0 Å². The Morgan fingerprint density at radius 3 is 2.84 bits per heavy atom. The minimum absolute atomic E-state index is 0.129.